The number of hydrogen-bond donors (Lipinski definition) is 2. The number of aliphatic hydroxyl groups excluding tert-OH is 1. The van der Waals surface area contributed by atoms with E-state index < -0.39 is 11.1 Å². The maximum absolute atomic E-state index is 13.1. The first-order chi connectivity index (χ1) is 13.6. The molecule has 166 valence electrons. The van der Waals surface area contributed by atoms with Gasteiger partial charge >= 0.3 is 0 Å². The number of aliphatic hydroxyl groups is 1. The second-order valence-electron chi connectivity index (χ2n) is 8.72. The number of rotatable bonds is 9. The van der Waals surface area contributed by atoms with Crippen molar-refractivity contribution in [2.45, 2.75) is 71.1 Å². The highest BCUT2D eigenvalue weighted by atomic mass is 16.5. The van der Waals surface area contributed by atoms with E-state index in [4.69, 9.17) is 19.3 Å². The van der Waals surface area contributed by atoms with Crippen molar-refractivity contribution in [3.63, 3.8) is 0 Å². The third-order valence-corrected chi connectivity index (χ3v) is 6.10. The molecule has 1 saturated heterocycles. The molecule has 2 rings (SSSR count). The average Bonchev–Trinajstić information content (AvgIpc) is 2.72. The van der Waals surface area contributed by atoms with Crippen molar-refractivity contribution < 1.29 is 24.1 Å². The number of amides is 1. The first-order valence-corrected chi connectivity index (χ1v) is 10.6. The number of nitrogens with one attached hydrogen (secondary N) is 1. The molecular weight excluding hydrogens is 372 g/mol. The van der Waals surface area contributed by atoms with Gasteiger partial charge in [-0.15, -0.1) is 0 Å². The zero-order chi connectivity index (χ0) is 21.7. The van der Waals surface area contributed by atoms with E-state index in [9.17, 15) is 4.79 Å². The van der Waals surface area contributed by atoms with E-state index in [2.05, 4.69) is 17.1 Å². The molecule has 0 unspecified atom stereocenters. The quantitative estimate of drug-likeness (QED) is 0.607. The summed E-state index contributed by atoms with van der Waals surface area (Å²) in [5.74, 6) is 0.336. The van der Waals surface area contributed by atoms with Gasteiger partial charge in [0.1, 0.15) is 6.61 Å². The van der Waals surface area contributed by atoms with Crippen LogP contribution in [0.3, 0.4) is 0 Å². The molecule has 0 aromatic rings. The third-order valence-electron chi connectivity index (χ3n) is 6.10. The molecule has 2 heterocycles. The molecule has 29 heavy (non-hydrogen) atoms. The van der Waals surface area contributed by atoms with Gasteiger partial charge in [0, 0.05) is 25.3 Å². The van der Waals surface area contributed by atoms with Crippen LogP contribution in [0.2, 0.25) is 0 Å². The maximum Gasteiger partial charge on any atom is 0.246 e. The molecule has 0 atom stereocenters. The Labute approximate surface area is 175 Å². The lowest BCUT2D eigenvalue weighted by molar-refractivity contribution is -0.133. The van der Waals surface area contributed by atoms with E-state index >= 15 is 0 Å². The van der Waals surface area contributed by atoms with Crippen LogP contribution < -0.4 is 5.32 Å². The summed E-state index contributed by atoms with van der Waals surface area (Å²) < 4.78 is 17.1. The predicted octanol–water partition coefficient (Wildman–Crippen LogP) is 2.36. The molecule has 7 heteroatoms. The summed E-state index contributed by atoms with van der Waals surface area (Å²) in [4.78, 5) is 15.2. The summed E-state index contributed by atoms with van der Waals surface area (Å²) in [6.07, 6.45) is 4.55. The van der Waals surface area contributed by atoms with Gasteiger partial charge in [-0.3, -0.25) is 15.0 Å². The Morgan fingerprint density at radius 3 is 2.55 bits per heavy atom. The second-order valence-corrected chi connectivity index (χ2v) is 8.72. The van der Waals surface area contributed by atoms with E-state index in [0.29, 0.717) is 18.5 Å². The zero-order valence-electron chi connectivity index (χ0n) is 18.8. The van der Waals surface area contributed by atoms with E-state index in [1.54, 1.807) is 0 Å². The van der Waals surface area contributed by atoms with E-state index in [1.165, 1.54) is 0 Å². The normalized spacial score (nSPS) is 19.2. The highest BCUT2D eigenvalue weighted by Crippen LogP contribution is 2.31. The predicted molar refractivity (Wildman–Crippen MR) is 112 cm³/mol. The van der Waals surface area contributed by atoms with E-state index in [0.717, 1.165) is 43.6 Å². The number of hydrogen-bond acceptors (Lipinski definition) is 6. The molecule has 0 aromatic heterocycles. The minimum Gasteiger partial charge on any atom is -0.474 e. The van der Waals surface area contributed by atoms with Gasteiger partial charge in [-0.1, -0.05) is 6.92 Å². The molecule has 2 N–H and O–H groups in total. The summed E-state index contributed by atoms with van der Waals surface area (Å²) in [6, 6.07) is 0.318. The summed E-state index contributed by atoms with van der Waals surface area (Å²) in [6.45, 7) is 12.0. The molecule has 2 aliphatic rings. The molecule has 0 saturated carbocycles. The molecule has 0 spiro atoms. The van der Waals surface area contributed by atoms with E-state index in [-0.39, 0.29) is 19.1 Å². The van der Waals surface area contributed by atoms with Crippen molar-refractivity contribution in [3.8, 4) is 0 Å². The summed E-state index contributed by atoms with van der Waals surface area (Å²) in [7, 11) is 2.00. The summed E-state index contributed by atoms with van der Waals surface area (Å²) in [5.41, 5.74) is 0.849. The molecule has 1 fully saturated rings. The van der Waals surface area contributed by atoms with Crippen molar-refractivity contribution in [2.75, 3.05) is 40.1 Å². The fourth-order valence-corrected chi connectivity index (χ4v) is 3.81. The Hall–Kier alpha value is -1.41. The molecule has 0 aliphatic carbocycles. The Morgan fingerprint density at radius 2 is 1.97 bits per heavy atom. The van der Waals surface area contributed by atoms with Crippen molar-refractivity contribution in [3.05, 3.63) is 23.1 Å². The molecular formula is C22H38N2O5. The number of ether oxygens (including phenoxy) is 3. The molecule has 0 aromatic carbocycles. The van der Waals surface area contributed by atoms with Crippen LogP contribution in [0.1, 0.15) is 53.9 Å². The molecule has 2 aliphatic heterocycles. The van der Waals surface area contributed by atoms with Crippen LogP contribution in [-0.4, -0.2) is 73.2 Å². The number of nitrogens with zero attached hydrogens (tertiary/aromatic N) is 1. The van der Waals surface area contributed by atoms with Gasteiger partial charge < -0.3 is 19.3 Å². The number of likely N-dealkylation sites (N-methyl/N-ethyl adjacent to an activating group) is 1. The highest BCUT2D eigenvalue weighted by molar-refractivity contribution is 5.86. The summed E-state index contributed by atoms with van der Waals surface area (Å²) >= 11 is 0. The lowest BCUT2D eigenvalue weighted by Gasteiger charge is -2.41. The largest absolute Gasteiger partial charge is 0.474 e. The number of carbonyl (C=O) groups excluding carboxylic acids is 1. The van der Waals surface area contributed by atoms with Crippen LogP contribution in [0.25, 0.3) is 0 Å². The van der Waals surface area contributed by atoms with Crippen LogP contribution in [0.15, 0.2) is 23.1 Å². The topological polar surface area (TPSA) is 80.3 Å². The Balaban J connectivity index is 2.15. The van der Waals surface area contributed by atoms with Crippen molar-refractivity contribution in [1.29, 1.82) is 0 Å². The number of carbonyl (C=O) groups is 1. The SMILES string of the molecule is CCC1=C(C(C)(C)OCCO)C=C(NC(=O)C(C)(C)N(C)C2CCOCC2)OC1. The zero-order valence-corrected chi connectivity index (χ0v) is 18.8. The fraction of sp³-hybridized carbons (Fsp3) is 0.773. The minimum atomic E-state index is -0.690. The van der Waals surface area contributed by atoms with Gasteiger partial charge in [0.15, 0.2) is 5.88 Å². The standard InChI is InChI=1S/C22H38N2O5/c1-7-16-15-28-19(14-18(16)22(4,5)29-13-10-25)23-20(26)21(2,3)24(6)17-8-11-27-12-9-17/h14,17,25H,7-13,15H2,1-6H3,(H,23,26). The van der Waals surface area contributed by atoms with Gasteiger partial charge in [-0.2, -0.15) is 0 Å². The third kappa shape index (κ3) is 5.81. The first kappa shape index (κ1) is 23.9. The Kier molecular flexibility index (Phi) is 8.28. The van der Waals surface area contributed by atoms with Crippen molar-refractivity contribution in [1.82, 2.24) is 10.2 Å². The average molecular weight is 411 g/mol. The Morgan fingerprint density at radius 1 is 1.31 bits per heavy atom. The lowest BCUT2D eigenvalue weighted by atomic mass is 9.90. The van der Waals surface area contributed by atoms with Crippen LogP contribution in [0.5, 0.6) is 0 Å². The van der Waals surface area contributed by atoms with Gasteiger partial charge in [0.25, 0.3) is 0 Å². The maximum atomic E-state index is 13.1. The van der Waals surface area contributed by atoms with Gasteiger partial charge in [-0.25, -0.2) is 0 Å². The smallest absolute Gasteiger partial charge is 0.246 e. The molecule has 0 bridgehead atoms. The molecule has 1 amide bonds. The van der Waals surface area contributed by atoms with Crippen LogP contribution in [0.4, 0.5) is 0 Å². The van der Waals surface area contributed by atoms with Gasteiger partial charge in [-0.05, 0) is 65.2 Å². The van der Waals surface area contributed by atoms with Crippen molar-refractivity contribution in [2.24, 2.45) is 0 Å². The second kappa shape index (κ2) is 10.1. The van der Waals surface area contributed by atoms with Crippen molar-refractivity contribution >= 4 is 5.91 Å². The molecule has 0 radical (unpaired) electrons. The Bertz CT molecular complexity index is 633. The van der Waals surface area contributed by atoms with Gasteiger partial charge in [0.05, 0.1) is 24.4 Å². The van der Waals surface area contributed by atoms with Crippen LogP contribution in [-0.2, 0) is 19.0 Å². The lowest BCUT2D eigenvalue weighted by Crippen LogP contribution is -2.57. The first-order valence-electron chi connectivity index (χ1n) is 10.6. The summed E-state index contributed by atoms with van der Waals surface area (Å²) in [5, 5.41) is 12.1. The van der Waals surface area contributed by atoms with Gasteiger partial charge in [0.2, 0.25) is 5.91 Å². The van der Waals surface area contributed by atoms with Crippen LogP contribution >= 0.6 is 0 Å². The van der Waals surface area contributed by atoms with Crippen LogP contribution in [0, 0.1) is 0 Å². The van der Waals surface area contributed by atoms with E-state index in [1.807, 2.05) is 40.8 Å². The highest BCUT2D eigenvalue weighted by Gasteiger charge is 2.38. The molecule has 7 nitrogen and oxygen atoms in total. The fourth-order valence-electron chi connectivity index (χ4n) is 3.81. The monoisotopic (exact) mass is 410 g/mol. The minimum absolute atomic E-state index is 0.0330.